The van der Waals surface area contributed by atoms with Crippen molar-refractivity contribution in [3.05, 3.63) is 68.9 Å². The number of benzene rings is 2. The Morgan fingerprint density at radius 1 is 1.04 bits per heavy atom. The Kier molecular flexibility index (Phi) is 5.25. The number of ether oxygens (including phenoxy) is 2. The number of methoxy groups -OCH3 is 2. The highest BCUT2D eigenvalue weighted by Gasteiger charge is 2.20. The van der Waals surface area contributed by atoms with Crippen molar-refractivity contribution < 1.29 is 22.3 Å². The largest absolute Gasteiger partial charge is 0.496 e. The Balaban J connectivity index is 2.10. The van der Waals surface area contributed by atoms with Gasteiger partial charge in [0, 0.05) is 22.6 Å². The fourth-order valence-corrected chi connectivity index (χ4v) is 3.61. The summed E-state index contributed by atoms with van der Waals surface area (Å²) in [5, 5.41) is 1.83. The SMILES string of the molecule is COc1cc(OC)c2cc(S(=O)(=O)C=Cc3ccc(Cl)cc3)c(=O)oc2c1. The molecule has 0 bridgehead atoms. The molecule has 8 heteroatoms. The van der Waals surface area contributed by atoms with Gasteiger partial charge < -0.3 is 13.9 Å². The van der Waals surface area contributed by atoms with Crippen LogP contribution in [-0.2, 0) is 9.84 Å². The molecule has 6 nitrogen and oxygen atoms in total. The number of hydrogen-bond donors (Lipinski definition) is 0. The summed E-state index contributed by atoms with van der Waals surface area (Å²) in [5.41, 5.74) is -0.189. The zero-order valence-corrected chi connectivity index (χ0v) is 16.0. The van der Waals surface area contributed by atoms with E-state index in [0.29, 0.717) is 27.5 Å². The molecular weight excluding hydrogens is 392 g/mol. The molecule has 0 amide bonds. The summed E-state index contributed by atoms with van der Waals surface area (Å²) >= 11 is 5.81. The van der Waals surface area contributed by atoms with E-state index < -0.39 is 20.4 Å². The second kappa shape index (κ2) is 7.46. The van der Waals surface area contributed by atoms with Crippen molar-refractivity contribution in [2.45, 2.75) is 4.90 Å². The molecule has 0 unspecified atom stereocenters. The predicted octanol–water partition coefficient (Wildman–Crippen LogP) is 3.91. The number of sulfone groups is 1. The predicted molar refractivity (Wildman–Crippen MR) is 103 cm³/mol. The van der Waals surface area contributed by atoms with Crippen LogP contribution in [0.1, 0.15) is 5.56 Å². The summed E-state index contributed by atoms with van der Waals surface area (Å²) in [6.45, 7) is 0. The topological polar surface area (TPSA) is 82.8 Å². The van der Waals surface area contributed by atoms with Gasteiger partial charge in [-0.1, -0.05) is 23.7 Å². The van der Waals surface area contributed by atoms with Crippen LogP contribution in [-0.4, -0.2) is 22.6 Å². The molecular formula is C19H15ClO6S. The van der Waals surface area contributed by atoms with Gasteiger partial charge in [-0.25, -0.2) is 13.2 Å². The lowest BCUT2D eigenvalue weighted by atomic mass is 10.2. The average Bonchev–Trinajstić information content (AvgIpc) is 2.65. The minimum absolute atomic E-state index is 0.164. The Morgan fingerprint density at radius 2 is 1.74 bits per heavy atom. The van der Waals surface area contributed by atoms with Crippen molar-refractivity contribution in [2.75, 3.05) is 14.2 Å². The number of fused-ring (bicyclic) bond motifs is 1. The molecule has 2 aromatic carbocycles. The molecule has 0 saturated heterocycles. The van der Waals surface area contributed by atoms with Gasteiger partial charge in [0.2, 0.25) is 9.84 Å². The van der Waals surface area contributed by atoms with Gasteiger partial charge in [-0.3, -0.25) is 0 Å². The first kappa shape index (κ1) is 19.0. The van der Waals surface area contributed by atoms with Gasteiger partial charge in [0.15, 0.2) is 4.90 Å². The molecule has 0 spiro atoms. The smallest absolute Gasteiger partial charge is 0.355 e. The Labute approximate surface area is 160 Å². The molecule has 0 N–H and O–H groups in total. The Bertz CT molecular complexity index is 1180. The van der Waals surface area contributed by atoms with E-state index in [9.17, 15) is 13.2 Å². The van der Waals surface area contributed by atoms with E-state index >= 15 is 0 Å². The summed E-state index contributed by atoms with van der Waals surface area (Å²) < 4.78 is 40.8. The molecule has 0 aliphatic carbocycles. The van der Waals surface area contributed by atoms with Gasteiger partial charge in [-0.15, -0.1) is 0 Å². The monoisotopic (exact) mass is 406 g/mol. The van der Waals surface area contributed by atoms with Gasteiger partial charge in [0.05, 0.1) is 19.6 Å². The molecule has 27 heavy (non-hydrogen) atoms. The van der Waals surface area contributed by atoms with Gasteiger partial charge in [0.1, 0.15) is 17.1 Å². The van der Waals surface area contributed by atoms with Crippen LogP contribution < -0.4 is 15.1 Å². The van der Waals surface area contributed by atoms with Gasteiger partial charge in [-0.05, 0) is 29.8 Å². The van der Waals surface area contributed by atoms with E-state index in [4.69, 9.17) is 25.5 Å². The van der Waals surface area contributed by atoms with Crippen molar-refractivity contribution in [3.8, 4) is 11.5 Å². The van der Waals surface area contributed by atoms with E-state index in [0.717, 1.165) is 5.41 Å². The van der Waals surface area contributed by atoms with Gasteiger partial charge in [0.25, 0.3) is 0 Å². The molecule has 0 radical (unpaired) electrons. The average molecular weight is 407 g/mol. The molecule has 3 rings (SSSR count). The lowest BCUT2D eigenvalue weighted by molar-refractivity contribution is 0.395. The summed E-state index contributed by atoms with van der Waals surface area (Å²) in [4.78, 5) is 11.8. The lowest BCUT2D eigenvalue weighted by Crippen LogP contribution is -2.12. The third-order valence-corrected chi connectivity index (χ3v) is 5.47. The Morgan fingerprint density at radius 3 is 2.37 bits per heavy atom. The summed E-state index contributed by atoms with van der Waals surface area (Å²) in [6.07, 6.45) is 1.38. The van der Waals surface area contributed by atoms with E-state index in [-0.39, 0.29) is 5.58 Å². The van der Waals surface area contributed by atoms with Crippen LogP contribution in [0.2, 0.25) is 5.02 Å². The highest BCUT2D eigenvalue weighted by molar-refractivity contribution is 7.94. The summed E-state index contributed by atoms with van der Waals surface area (Å²) in [6, 6.07) is 10.9. The van der Waals surface area contributed by atoms with Crippen LogP contribution in [0.3, 0.4) is 0 Å². The van der Waals surface area contributed by atoms with Crippen molar-refractivity contribution in [1.29, 1.82) is 0 Å². The van der Waals surface area contributed by atoms with Gasteiger partial charge >= 0.3 is 5.63 Å². The fourth-order valence-electron chi connectivity index (χ4n) is 2.44. The van der Waals surface area contributed by atoms with Gasteiger partial charge in [-0.2, -0.15) is 0 Å². The van der Waals surface area contributed by atoms with Crippen LogP contribution in [0.4, 0.5) is 0 Å². The van der Waals surface area contributed by atoms with Crippen molar-refractivity contribution >= 4 is 38.5 Å². The highest BCUT2D eigenvalue weighted by atomic mass is 35.5. The van der Waals surface area contributed by atoms with Crippen molar-refractivity contribution in [1.82, 2.24) is 0 Å². The molecule has 0 aliphatic heterocycles. The summed E-state index contributed by atoms with van der Waals surface area (Å²) in [5.74, 6) is 0.743. The number of hydrogen-bond acceptors (Lipinski definition) is 6. The van der Waals surface area contributed by atoms with E-state index in [1.165, 1.54) is 32.4 Å². The van der Waals surface area contributed by atoms with E-state index in [2.05, 4.69) is 0 Å². The van der Waals surface area contributed by atoms with E-state index in [1.54, 1.807) is 30.3 Å². The maximum absolute atomic E-state index is 12.6. The standard InChI is InChI=1S/C19H15ClO6S/c1-24-14-9-16(25-2)15-11-18(19(21)26-17(15)10-14)27(22,23)8-7-12-3-5-13(20)6-4-12/h3-11H,1-2H3. The zero-order chi connectivity index (χ0) is 19.6. The molecule has 3 aromatic rings. The zero-order valence-electron chi connectivity index (χ0n) is 14.4. The van der Waals surface area contributed by atoms with E-state index in [1.807, 2.05) is 0 Å². The van der Waals surface area contributed by atoms with Crippen LogP contribution in [0, 0.1) is 0 Å². The van der Waals surface area contributed by atoms with Crippen LogP contribution >= 0.6 is 11.6 Å². The lowest BCUT2D eigenvalue weighted by Gasteiger charge is -2.08. The van der Waals surface area contributed by atoms with Crippen LogP contribution in [0.25, 0.3) is 17.0 Å². The molecule has 0 saturated carbocycles. The second-order valence-corrected chi connectivity index (χ2v) is 7.78. The maximum Gasteiger partial charge on any atom is 0.355 e. The minimum Gasteiger partial charge on any atom is -0.496 e. The quantitative estimate of drug-likeness (QED) is 0.597. The molecule has 0 fully saturated rings. The minimum atomic E-state index is -4.04. The third kappa shape index (κ3) is 3.99. The van der Waals surface area contributed by atoms with Crippen molar-refractivity contribution in [2.24, 2.45) is 0 Å². The first-order valence-electron chi connectivity index (χ1n) is 7.72. The fraction of sp³-hybridized carbons (Fsp3) is 0.105. The highest BCUT2D eigenvalue weighted by Crippen LogP contribution is 2.31. The number of halogens is 1. The third-order valence-electron chi connectivity index (χ3n) is 3.83. The molecule has 0 aliphatic rings. The van der Waals surface area contributed by atoms with Crippen LogP contribution in [0.15, 0.2) is 62.0 Å². The summed E-state index contributed by atoms with van der Waals surface area (Å²) in [7, 11) is -1.16. The Hall–Kier alpha value is -2.77. The molecule has 140 valence electrons. The molecule has 1 heterocycles. The molecule has 1 aromatic heterocycles. The first-order chi connectivity index (χ1) is 12.8. The number of rotatable bonds is 5. The first-order valence-corrected chi connectivity index (χ1v) is 9.65. The second-order valence-electron chi connectivity index (χ2n) is 5.54. The normalized spacial score (nSPS) is 11.8. The van der Waals surface area contributed by atoms with Crippen molar-refractivity contribution in [3.63, 3.8) is 0 Å². The molecule has 0 atom stereocenters. The maximum atomic E-state index is 12.6. The van der Waals surface area contributed by atoms with Crippen LogP contribution in [0.5, 0.6) is 11.5 Å².